The number of thiazole rings is 1. The van der Waals surface area contributed by atoms with E-state index < -0.39 is 5.92 Å². The molecule has 3 amide bonds. The highest BCUT2D eigenvalue weighted by atomic mass is 35.5. The van der Waals surface area contributed by atoms with Crippen molar-refractivity contribution >= 4 is 67.4 Å². The molecule has 1 saturated heterocycles. The van der Waals surface area contributed by atoms with Crippen LogP contribution in [0.1, 0.15) is 13.3 Å². The molecule has 3 aromatic rings. The molecule has 1 aliphatic heterocycles. The fraction of sp³-hybridized carbons (Fsp3) is 0.273. The maximum atomic E-state index is 12.9. The van der Waals surface area contributed by atoms with Crippen LogP contribution in [0.5, 0.6) is 11.5 Å². The maximum Gasteiger partial charge on any atom is 0.231 e. The quantitative estimate of drug-likeness (QED) is 0.544. The molecule has 1 aliphatic rings. The lowest BCUT2D eigenvalue weighted by molar-refractivity contribution is -0.122. The second-order valence-electron chi connectivity index (χ2n) is 7.44. The fourth-order valence-corrected chi connectivity index (χ4v) is 4.78. The first-order valence-corrected chi connectivity index (χ1v) is 11.2. The van der Waals surface area contributed by atoms with E-state index in [4.69, 9.17) is 21.1 Å². The normalized spacial score (nSPS) is 15.6. The zero-order valence-corrected chi connectivity index (χ0v) is 19.7. The van der Waals surface area contributed by atoms with E-state index in [0.717, 1.165) is 4.70 Å². The van der Waals surface area contributed by atoms with Gasteiger partial charge in [0.1, 0.15) is 11.5 Å². The first-order valence-electron chi connectivity index (χ1n) is 10.00. The number of halogens is 1. The van der Waals surface area contributed by atoms with E-state index in [1.54, 1.807) is 30.3 Å². The molecule has 4 rings (SSSR count). The molecule has 1 atom stereocenters. The summed E-state index contributed by atoms with van der Waals surface area (Å²) in [7, 11) is 2.98. The number of carbonyl (C=O) groups excluding carboxylic acids is 3. The molecule has 172 valence electrons. The van der Waals surface area contributed by atoms with Gasteiger partial charge in [0.05, 0.1) is 41.1 Å². The highest BCUT2D eigenvalue weighted by Crippen LogP contribution is 2.40. The Labute approximate surface area is 198 Å². The molecule has 33 heavy (non-hydrogen) atoms. The van der Waals surface area contributed by atoms with Crippen LogP contribution in [0.3, 0.4) is 0 Å². The predicted octanol–water partition coefficient (Wildman–Crippen LogP) is 3.92. The largest absolute Gasteiger partial charge is 0.495 e. The Balaban J connectivity index is 1.50. The molecular formula is C22H21ClN4O5S. The summed E-state index contributed by atoms with van der Waals surface area (Å²) in [6.45, 7) is 1.62. The number of hydrogen-bond acceptors (Lipinski definition) is 7. The number of hydrogen-bond donors (Lipinski definition) is 2. The monoisotopic (exact) mass is 488 g/mol. The van der Waals surface area contributed by atoms with Gasteiger partial charge in [-0.3, -0.25) is 14.4 Å². The third kappa shape index (κ3) is 4.71. The zero-order chi connectivity index (χ0) is 23.7. The average Bonchev–Trinajstić information content (AvgIpc) is 3.35. The molecule has 0 radical (unpaired) electrons. The van der Waals surface area contributed by atoms with Crippen LogP contribution >= 0.6 is 22.9 Å². The molecule has 2 N–H and O–H groups in total. The van der Waals surface area contributed by atoms with Crippen LogP contribution in [-0.4, -0.2) is 43.5 Å². The van der Waals surface area contributed by atoms with Gasteiger partial charge in [0.25, 0.3) is 0 Å². The van der Waals surface area contributed by atoms with E-state index in [2.05, 4.69) is 15.6 Å². The number of anilines is 3. The Morgan fingerprint density at radius 1 is 1.15 bits per heavy atom. The number of rotatable bonds is 6. The van der Waals surface area contributed by atoms with Gasteiger partial charge in [-0.05, 0) is 24.3 Å². The van der Waals surface area contributed by atoms with Gasteiger partial charge in [0, 0.05) is 31.6 Å². The number of nitrogens with zero attached hydrogens (tertiary/aromatic N) is 2. The number of amides is 3. The lowest BCUT2D eigenvalue weighted by atomic mass is 10.1. The van der Waals surface area contributed by atoms with E-state index in [1.165, 1.54) is 37.4 Å². The summed E-state index contributed by atoms with van der Waals surface area (Å²) >= 11 is 7.53. The van der Waals surface area contributed by atoms with Crippen molar-refractivity contribution in [2.75, 3.05) is 36.3 Å². The first-order chi connectivity index (χ1) is 15.8. The lowest BCUT2D eigenvalue weighted by Crippen LogP contribution is -2.28. The third-order valence-corrected chi connectivity index (χ3v) is 6.41. The summed E-state index contributed by atoms with van der Waals surface area (Å²) in [6, 6.07) is 8.51. The van der Waals surface area contributed by atoms with Crippen molar-refractivity contribution in [1.82, 2.24) is 4.98 Å². The van der Waals surface area contributed by atoms with Gasteiger partial charge < -0.3 is 25.0 Å². The molecular weight excluding hydrogens is 468 g/mol. The second-order valence-corrected chi connectivity index (χ2v) is 8.87. The van der Waals surface area contributed by atoms with Gasteiger partial charge in [0.15, 0.2) is 5.13 Å². The lowest BCUT2D eigenvalue weighted by Gasteiger charge is -2.20. The number of aromatic nitrogens is 1. The highest BCUT2D eigenvalue weighted by molar-refractivity contribution is 7.22. The molecule has 2 aromatic carbocycles. The topological polar surface area (TPSA) is 110 Å². The number of methoxy groups -OCH3 is 2. The molecule has 0 aliphatic carbocycles. The summed E-state index contributed by atoms with van der Waals surface area (Å²) in [5.74, 6) is -0.394. The van der Waals surface area contributed by atoms with Gasteiger partial charge in [0.2, 0.25) is 17.7 Å². The molecule has 0 saturated carbocycles. The summed E-state index contributed by atoms with van der Waals surface area (Å²) in [6.07, 6.45) is 0.0518. The molecule has 11 heteroatoms. The van der Waals surface area contributed by atoms with Crippen LogP contribution in [0.25, 0.3) is 10.2 Å². The third-order valence-electron chi connectivity index (χ3n) is 5.18. The molecule has 1 aromatic heterocycles. The van der Waals surface area contributed by atoms with Crippen LogP contribution in [0.4, 0.5) is 16.5 Å². The maximum absolute atomic E-state index is 12.9. The van der Waals surface area contributed by atoms with Crippen LogP contribution in [-0.2, 0) is 14.4 Å². The number of fused-ring (bicyclic) bond motifs is 1. The van der Waals surface area contributed by atoms with E-state index in [9.17, 15) is 14.4 Å². The number of carbonyl (C=O) groups is 3. The first kappa shape index (κ1) is 22.8. The summed E-state index contributed by atoms with van der Waals surface area (Å²) in [5, 5.41) is 6.29. The standard InChI is InChI=1S/C22H21ClN4O5S/c1-11(28)24-13-4-5-15-19(7-13)33-22(25-15)26-21(30)12-6-20(29)27(10-12)16-8-14(23)17(31-2)9-18(16)32-3/h4-5,7-9,12H,6,10H2,1-3H3,(H,24,28)(H,25,26,30)/t12-/m0/s1. The Morgan fingerprint density at radius 2 is 1.91 bits per heavy atom. The summed E-state index contributed by atoms with van der Waals surface area (Å²) < 4.78 is 11.4. The minimum atomic E-state index is -0.565. The number of benzene rings is 2. The van der Waals surface area contributed by atoms with Crippen molar-refractivity contribution in [3.8, 4) is 11.5 Å². The SMILES string of the molecule is COc1cc(OC)c(N2C[C@@H](C(=O)Nc3nc4ccc(NC(C)=O)cc4s3)CC2=O)cc1Cl. The van der Waals surface area contributed by atoms with Crippen LogP contribution in [0.2, 0.25) is 5.02 Å². The second kappa shape index (κ2) is 9.24. The van der Waals surface area contributed by atoms with Crippen molar-refractivity contribution in [1.29, 1.82) is 0 Å². The van der Waals surface area contributed by atoms with Gasteiger partial charge in [-0.2, -0.15) is 0 Å². The number of nitrogens with one attached hydrogen (secondary N) is 2. The van der Waals surface area contributed by atoms with E-state index in [1.807, 2.05) is 0 Å². The Hall–Kier alpha value is -3.37. The van der Waals surface area contributed by atoms with Crippen molar-refractivity contribution in [2.24, 2.45) is 5.92 Å². The fourth-order valence-electron chi connectivity index (χ4n) is 3.64. The van der Waals surface area contributed by atoms with Crippen molar-refractivity contribution in [3.05, 3.63) is 35.4 Å². The molecule has 0 unspecified atom stereocenters. The Kier molecular flexibility index (Phi) is 6.39. The van der Waals surface area contributed by atoms with E-state index in [-0.39, 0.29) is 30.7 Å². The van der Waals surface area contributed by atoms with Gasteiger partial charge in [-0.15, -0.1) is 0 Å². The smallest absolute Gasteiger partial charge is 0.231 e. The van der Waals surface area contributed by atoms with Crippen LogP contribution < -0.4 is 25.0 Å². The van der Waals surface area contributed by atoms with Crippen molar-refractivity contribution in [3.63, 3.8) is 0 Å². The summed E-state index contributed by atoms with van der Waals surface area (Å²) in [4.78, 5) is 42.8. The van der Waals surface area contributed by atoms with Crippen LogP contribution in [0.15, 0.2) is 30.3 Å². The van der Waals surface area contributed by atoms with Crippen molar-refractivity contribution in [2.45, 2.75) is 13.3 Å². The highest BCUT2D eigenvalue weighted by Gasteiger charge is 2.37. The van der Waals surface area contributed by atoms with Gasteiger partial charge in [-0.25, -0.2) is 4.98 Å². The molecule has 0 bridgehead atoms. The van der Waals surface area contributed by atoms with Crippen molar-refractivity contribution < 1.29 is 23.9 Å². The zero-order valence-electron chi connectivity index (χ0n) is 18.1. The van der Waals surface area contributed by atoms with E-state index in [0.29, 0.717) is 38.5 Å². The molecule has 9 nitrogen and oxygen atoms in total. The van der Waals surface area contributed by atoms with E-state index >= 15 is 0 Å². The minimum Gasteiger partial charge on any atom is -0.495 e. The predicted molar refractivity (Wildman–Crippen MR) is 128 cm³/mol. The average molecular weight is 489 g/mol. The van der Waals surface area contributed by atoms with Crippen LogP contribution in [0, 0.1) is 5.92 Å². The molecule has 2 heterocycles. The Bertz CT molecular complexity index is 1260. The van der Waals surface area contributed by atoms with Gasteiger partial charge >= 0.3 is 0 Å². The molecule has 0 spiro atoms. The Morgan fingerprint density at radius 3 is 2.61 bits per heavy atom. The number of ether oxygens (including phenoxy) is 2. The molecule has 1 fully saturated rings. The summed E-state index contributed by atoms with van der Waals surface area (Å²) in [5.41, 5.74) is 1.83. The van der Waals surface area contributed by atoms with Gasteiger partial charge in [-0.1, -0.05) is 22.9 Å². The minimum absolute atomic E-state index is 0.0518.